The minimum absolute atomic E-state index is 0.250. The number of nitrogens with one attached hydrogen (secondary N) is 2. The van der Waals surface area contributed by atoms with Gasteiger partial charge in [-0.1, -0.05) is 25.5 Å². The van der Waals surface area contributed by atoms with E-state index in [1.807, 2.05) is 20.8 Å². The number of nitrogens with zero attached hydrogens (tertiary/aromatic N) is 3. The molecule has 0 aliphatic heterocycles. The van der Waals surface area contributed by atoms with Gasteiger partial charge in [0.25, 0.3) is 0 Å². The summed E-state index contributed by atoms with van der Waals surface area (Å²) in [6, 6.07) is 6.70. The summed E-state index contributed by atoms with van der Waals surface area (Å²) in [6.45, 7) is 8.44. The molecular formula is C20H25N5O2S2. The zero-order chi connectivity index (χ0) is 21.0. The highest BCUT2D eigenvalue weighted by Crippen LogP contribution is 2.32. The van der Waals surface area contributed by atoms with Gasteiger partial charge in [-0.25, -0.2) is 23.1 Å². The second-order valence-electron chi connectivity index (χ2n) is 6.77. The fourth-order valence-corrected chi connectivity index (χ4v) is 4.88. The number of aromatic nitrogens is 2. The van der Waals surface area contributed by atoms with Crippen molar-refractivity contribution in [2.45, 2.75) is 45.4 Å². The van der Waals surface area contributed by atoms with Crippen LogP contribution in [0.4, 0.5) is 5.82 Å². The molecule has 1 aromatic carbocycles. The molecule has 7 nitrogen and oxygen atoms in total. The minimum Gasteiger partial charge on any atom is -0.260 e. The van der Waals surface area contributed by atoms with Gasteiger partial charge in [-0.3, -0.25) is 5.43 Å². The molecule has 0 unspecified atom stereocenters. The van der Waals surface area contributed by atoms with Crippen molar-refractivity contribution >= 4 is 43.1 Å². The Balaban J connectivity index is 1.77. The SMILES string of the molecule is CCCCNS(=O)(=O)c1ccc(C(C)=NNc2ncnc3sc(C)c(C)c23)cc1. The lowest BCUT2D eigenvalue weighted by Crippen LogP contribution is -2.24. The van der Waals surface area contributed by atoms with Crippen molar-refractivity contribution in [1.82, 2.24) is 14.7 Å². The number of hydrogen-bond donors (Lipinski definition) is 2. The molecule has 0 atom stereocenters. The van der Waals surface area contributed by atoms with E-state index >= 15 is 0 Å². The summed E-state index contributed by atoms with van der Waals surface area (Å²) in [5, 5.41) is 5.41. The van der Waals surface area contributed by atoms with E-state index in [-0.39, 0.29) is 4.90 Å². The summed E-state index contributed by atoms with van der Waals surface area (Å²) in [5.41, 5.74) is 5.73. The number of benzene rings is 1. The van der Waals surface area contributed by atoms with Gasteiger partial charge in [-0.2, -0.15) is 5.10 Å². The normalized spacial score (nSPS) is 12.5. The lowest BCUT2D eigenvalue weighted by molar-refractivity contribution is 0.578. The Kier molecular flexibility index (Phi) is 6.61. The topological polar surface area (TPSA) is 96.3 Å². The molecule has 9 heteroatoms. The molecule has 0 radical (unpaired) electrons. The van der Waals surface area contributed by atoms with Crippen LogP contribution >= 0.6 is 11.3 Å². The maximum atomic E-state index is 12.3. The van der Waals surface area contributed by atoms with E-state index in [1.54, 1.807) is 35.6 Å². The third kappa shape index (κ3) is 4.80. The van der Waals surface area contributed by atoms with Gasteiger partial charge in [-0.05, 0) is 50.5 Å². The standard InChI is InChI=1S/C20H25N5O2S2/c1-5-6-11-23-29(26,27)17-9-7-16(8-10-17)14(3)24-25-19-18-13(2)15(4)28-20(18)22-12-21-19/h7-10,12,23H,5-6,11H2,1-4H3,(H,21,22,25). The van der Waals surface area contributed by atoms with Crippen molar-refractivity contribution in [3.8, 4) is 0 Å². The lowest BCUT2D eigenvalue weighted by Gasteiger charge is -2.08. The Labute approximate surface area is 175 Å². The molecule has 0 spiro atoms. The molecule has 0 aliphatic carbocycles. The molecule has 29 heavy (non-hydrogen) atoms. The molecule has 0 saturated heterocycles. The van der Waals surface area contributed by atoms with E-state index in [2.05, 4.69) is 32.1 Å². The molecule has 2 heterocycles. The summed E-state index contributed by atoms with van der Waals surface area (Å²) < 4.78 is 27.2. The summed E-state index contributed by atoms with van der Waals surface area (Å²) in [5.74, 6) is 0.663. The highest BCUT2D eigenvalue weighted by Gasteiger charge is 2.14. The second-order valence-corrected chi connectivity index (χ2v) is 9.74. The number of anilines is 1. The quantitative estimate of drug-likeness (QED) is 0.316. The Morgan fingerprint density at radius 1 is 1.17 bits per heavy atom. The van der Waals surface area contributed by atoms with Crippen molar-refractivity contribution < 1.29 is 8.42 Å². The summed E-state index contributed by atoms with van der Waals surface area (Å²) in [7, 11) is -3.48. The lowest BCUT2D eigenvalue weighted by atomic mass is 10.1. The predicted octanol–water partition coefficient (Wildman–Crippen LogP) is 4.22. The average Bonchev–Trinajstić information content (AvgIpc) is 3.00. The van der Waals surface area contributed by atoms with Gasteiger partial charge in [0.15, 0.2) is 5.82 Å². The number of fused-ring (bicyclic) bond motifs is 1. The van der Waals surface area contributed by atoms with Crippen molar-refractivity contribution in [1.29, 1.82) is 0 Å². The Morgan fingerprint density at radius 2 is 1.90 bits per heavy atom. The van der Waals surface area contributed by atoms with Crippen LogP contribution in [0.3, 0.4) is 0 Å². The molecule has 0 amide bonds. The van der Waals surface area contributed by atoms with Crippen molar-refractivity contribution in [3.63, 3.8) is 0 Å². The third-order valence-electron chi connectivity index (χ3n) is 4.70. The Hall–Kier alpha value is -2.36. The second kappa shape index (κ2) is 8.98. The van der Waals surface area contributed by atoms with E-state index in [9.17, 15) is 8.42 Å². The number of hydrogen-bond acceptors (Lipinski definition) is 7. The number of thiophene rings is 1. The van der Waals surface area contributed by atoms with E-state index in [0.717, 1.165) is 39.9 Å². The number of rotatable bonds is 8. The van der Waals surface area contributed by atoms with Crippen LogP contribution in [0.15, 0.2) is 40.6 Å². The van der Waals surface area contributed by atoms with E-state index in [0.29, 0.717) is 12.4 Å². The summed E-state index contributed by atoms with van der Waals surface area (Å²) >= 11 is 1.63. The summed E-state index contributed by atoms with van der Waals surface area (Å²) in [4.78, 5) is 11.0. The highest BCUT2D eigenvalue weighted by atomic mass is 32.2. The fourth-order valence-electron chi connectivity index (χ4n) is 2.81. The van der Waals surface area contributed by atoms with Crippen LogP contribution in [0.25, 0.3) is 10.2 Å². The molecule has 154 valence electrons. The number of sulfonamides is 1. The van der Waals surface area contributed by atoms with Crippen LogP contribution in [-0.2, 0) is 10.0 Å². The van der Waals surface area contributed by atoms with Gasteiger partial charge < -0.3 is 0 Å². The smallest absolute Gasteiger partial charge is 0.240 e. The molecule has 0 saturated carbocycles. The molecule has 0 fully saturated rings. The first-order valence-corrected chi connectivity index (χ1v) is 11.7. The van der Waals surface area contributed by atoms with Crippen LogP contribution in [0, 0.1) is 13.8 Å². The first-order valence-electron chi connectivity index (χ1n) is 9.44. The van der Waals surface area contributed by atoms with Crippen LogP contribution in [0.1, 0.15) is 42.7 Å². The number of unbranched alkanes of at least 4 members (excludes halogenated alkanes) is 1. The zero-order valence-corrected chi connectivity index (χ0v) is 18.6. The first-order chi connectivity index (χ1) is 13.8. The maximum absolute atomic E-state index is 12.3. The highest BCUT2D eigenvalue weighted by molar-refractivity contribution is 7.89. The predicted molar refractivity (Wildman–Crippen MR) is 119 cm³/mol. The molecular weight excluding hydrogens is 406 g/mol. The molecule has 2 N–H and O–H groups in total. The number of aryl methyl sites for hydroxylation is 2. The van der Waals surface area contributed by atoms with Crippen LogP contribution in [0.2, 0.25) is 0 Å². The Bertz CT molecular complexity index is 1140. The van der Waals surface area contributed by atoms with Crippen molar-refractivity contribution in [3.05, 3.63) is 46.6 Å². The summed E-state index contributed by atoms with van der Waals surface area (Å²) in [6.07, 6.45) is 3.28. The molecule has 0 bridgehead atoms. The first kappa shape index (κ1) is 21.4. The molecule has 3 rings (SSSR count). The van der Waals surface area contributed by atoms with Gasteiger partial charge >= 0.3 is 0 Å². The maximum Gasteiger partial charge on any atom is 0.240 e. The monoisotopic (exact) mass is 431 g/mol. The average molecular weight is 432 g/mol. The number of hydrazone groups is 1. The Morgan fingerprint density at radius 3 is 2.59 bits per heavy atom. The van der Waals surface area contributed by atoms with E-state index in [4.69, 9.17) is 0 Å². The van der Waals surface area contributed by atoms with Crippen LogP contribution in [0.5, 0.6) is 0 Å². The van der Waals surface area contributed by atoms with Gasteiger partial charge in [0.05, 0.1) is 16.0 Å². The van der Waals surface area contributed by atoms with Crippen molar-refractivity contribution in [2.24, 2.45) is 5.10 Å². The van der Waals surface area contributed by atoms with Gasteiger partial charge in [0.2, 0.25) is 10.0 Å². The van der Waals surface area contributed by atoms with Gasteiger partial charge in [0.1, 0.15) is 11.2 Å². The van der Waals surface area contributed by atoms with E-state index < -0.39 is 10.0 Å². The van der Waals surface area contributed by atoms with E-state index in [1.165, 1.54) is 11.2 Å². The molecule has 0 aliphatic rings. The van der Waals surface area contributed by atoms with Crippen LogP contribution < -0.4 is 10.1 Å². The van der Waals surface area contributed by atoms with Gasteiger partial charge in [0, 0.05) is 11.4 Å². The zero-order valence-electron chi connectivity index (χ0n) is 17.0. The van der Waals surface area contributed by atoms with Crippen molar-refractivity contribution in [2.75, 3.05) is 12.0 Å². The van der Waals surface area contributed by atoms with Gasteiger partial charge in [-0.15, -0.1) is 11.3 Å². The molecule has 2 aromatic heterocycles. The largest absolute Gasteiger partial charge is 0.260 e. The molecule has 3 aromatic rings. The fraction of sp³-hybridized carbons (Fsp3) is 0.350. The third-order valence-corrected chi connectivity index (χ3v) is 7.29. The minimum atomic E-state index is -3.48. The van der Waals surface area contributed by atoms with Crippen LogP contribution in [-0.4, -0.2) is 30.6 Å².